The molecule has 5 rings (SSSR count). The number of rotatable bonds is 7. The Kier molecular flexibility index (Phi) is 6.63. The van der Waals surface area contributed by atoms with Crippen LogP contribution in [0, 0.1) is 43.9 Å². The molecule has 1 aliphatic heterocycles. The summed E-state index contributed by atoms with van der Waals surface area (Å²) in [6.07, 6.45) is 0.645. The number of amides is 3. The van der Waals surface area contributed by atoms with Gasteiger partial charge in [0.2, 0.25) is 0 Å². The third-order valence-corrected chi connectivity index (χ3v) is 10.7. The number of carbonyl (C=O) groups excluding carboxylic acids is 4. The molecular formula is C24H18Br2N4O8. The van der Waals surface area contributed by atoms with E-state index in [1.807, 2.05) is 0 Å². The third kappa shape index (κ3) is 4.02. The standard InChI is InChI=1S/C24H18Br2N4O8/c25-20-14-9-15(21(20)26)19-18(14)23(33)28(24(19)34)27(22(32)13-3-1-2-4-16(13)30(37)38)10-17(31)11-5-7-12(8-6-11)29(35)36/h1-8,14-15,18-21H,9-10H2/t14-,15-,18-,19+,20-,21+/m1/s1. The number of para-hydroxylation sites is 1. The second-order valence-electron chi connectivity index (χ2n) is 9.36. The van der Waals surface area contributed by atoms with Crippen molar-refractivity contribution in [1.29, 1.82) is 0 Å². The molecule has 2 aromatic rings. The molecule has 2 saturated carbocycles. The Bertz CT molecular complexity index is 1370. The molecule has 2 aromatic carbocycles. The van der Waals surface area contributed by atoms with E-state index in [9.17, 15) is 39.4 Å². The minimum absolute atomic E-state index is 0.00337. The highest BCUT2D eigenvalue weighted by atomic mass is 79.9. The van der Waals surface area contributed by atoms with E-state index in [1.165, 1.54) is 30.3 Å². The lowest BCUT2D eigenvalue weighted by atomic mass is 9.81. The summed E-state index contributed by atoms with van der Waals surface area (Å²) in [5.41, 5.74) is -1.20. The van der Waals surface area contributed by atoms with Crippen molar-refractivity contribution in [1.82, 2.24) is 10.0 Å². The number of hydrazine groups is 1. The van der Waals surface area contributed by atoms with E-state index < -0.39 is 63.0 Å². The van der Waals surface area contributed by atoms with Gasteiger partial charge in [0.25, 0.3) is 29.1 Å². The Labute approximate surface area is 231 Å². The van der Waals surface area contributed by atoms with Gasteiger partial charge in [-0.3, -0.25) is 39.4 Å². The number of ketones is 1. The number of halogens is 2. The van der Waals surface area contributed by atoms with Gasteiger partial charge in [-0.1, -0.05) is 44.0 Å². The number of fused-ring (bicyclic) bond motifs is 5. The Morgan fingerprint density at radius 1 is 0.895 bits per heavy atom. The molecule has 0 radical (unpaired) electrons. The van der Waals surface area contributed by atoms with Crippen molar-refractivity contribution in [2.24, 2.45) is 23.7 Å². The van der Waals surface area contributed by atoms with Crippen molar-refractivity contribution in [3.63, 3.8) is 0 Å². The molecule has 2 aliphatic carbocycles. The van der Waals surface area contributed by atoms with E-state index in [0.29, 0.717) is 16.4 Å². The number of nitro benzene ring substituents is 2. The summed E-state index contributed by atoms with van der Waals surface area (Å²) in [7, 11) is 0. The predicted molar refractivity (Wildman–Crippen MR) is 137 cm³/mol. The Hall–Kier alpha value is -3.52. The van der Waals surface area contributed by atoms with Gasteiger partial charge < -0.3 is 0 Å². The molecule has 6 atom stereocenters. The number of non-ortho nitro benzene ring substituents is 1. The molecule has 38 heavy (non-hydrogen) atoms. The molecule has 3 amide bonds. The first kappa shape index (κ1) is 26.1. The summed E-state index contributed by atoms with van der Waals surface area (Å²) in [4.78, 5) is 75.2. The van der Waals surface area contributed by atoms with Crippen LogP contribution in [0.15, 0.2) is 48.5 Å². The highest BCUT2D eigenvalue weighted by Crippen LogP contribution is 2.60. The summed E-state index contributed by atoms with van der Waals surface area (Å²) in [5.74, 6) is -4.77. The first-order chi connectivity index (χ1) is 18.0. The number of alkyl halides is 2. The van der Waals surface area contributed by atoms with E-state index in [4.69, 9.17) is 0 Å². The summed E-state index contributed by atoms with van der Waals surface area (Å²) in [6.45, 7) is -0.787. The molecule has 3 aliphatic rings. The minimum Gasteiger partial charge on any atom is -0.292 e. The van der Waals surface area contributed by atoms with Crippen LogP contribution in [0.4, 0.5) is 11.4 Å². The maximum absolute atomic E-state index is 13.7. The van der Waals surface area contributed by atoms with E-state index in [0.717, 1.165) is 18.2 Å². The van der Waals surface area contributed by atoms with Gasteiger partial charge in [0.15, 0.2) is 5.78 Å². The molecule has 0 spiro atoms. The predicted octanol–water partition coefficient (Wildman–Crippen LogP) is 3.52. The van der Waals surface area contributed by atoms with Crippen molar-refractivity contribution in [2.45, 2.75) is 16.1 Å². The highest BCUT2D eigenvalue weighted by Gasteiger charge is 2.67. The molecule has 0 unspecified atom stereocenters. The summed E-state index contributed by atoms with van der Waals surface area (Å²) in [5, 5.41) is 23.9. The SMILES string of the molecule is O=C(CN(C(=O)c1ccccc1[N+](=O)[O-])N1C(=O)[C@@H]2[C@H]3C[C@@H]([C@H](Br)[C@@H]3Br)[C@@H]2C1=O)c1ccc([N+](=O)[O-])cc1. The number of carbonyl (C=O) groups is 4. The first-order valence-electron chi connectivity index (χ1n) is 11.5. The minimum atomic E-state index is -1.06. The number of nitro groups is 2. The second-order valence-corrected chi connectivity index (χ2v) is 11.5. The fraction of sp³-hybridized carbons (Fsp3) is 0.333. The monoisotopic (exact) mass is 648 g/mol. The zero-order chi connectivity index (χ0) is 27.5. The van der Waals surface area contributed by atoms with E-state index in [2.05, 4.69) is 31.9 Å². The third-order valence-electron chi connectivity index (χ3n) is 7.46. The number of imide groups is 1. The lowest BCUT2D eigenvalue weighted by molar-refractivity contribution is -0.385. The molecule has 3 fully saturated rings. The van der Waals surface area contributed by atoms with Crippen molar-refractivity contribution < 1.29 is 29.0 Å². The largest absolute Gasteiger partial charge is 0.292 e. The van der Waals surface area contributed by atoms with Crippen LogP contribution in [0.3, 0.4) is 0 Å². The number of hydrogen-bond donors (Lipinski definition) is 0. The molecule has 2 bridgehead atoms. The molecular weight excluding hydrogens is 632 g/mol. The quantitative estimate of drug-likeness (QED) is 0.145. The van der Waals surface area contributed by atoms with Crippen molar-refractivity contribution in [3.05, 3.63) is 79.9 Å². The first-order valence-corrected chi connectivity index (χ1v) is 13.3. The average molecular weight is 650 g/mol. The van der Waals surface area contributed by atoms with E-state index in [-0.39, 0.29) is 32.7 Å². The number of nitrogens with zero attached hydrogens (tertiary/aromatic N) is 4. The van der Waals surface area contributed by atoms with Crippen LogP contribution in [-0.4, -0.2) is 59.6 Å². The van der Waals surface area contributed by atoms with Gasteiger partial charge in [0.1, 0.15) is 12.1 Å². The van der Waals surface area contributed by atoms with Gasteiger partial charge in [-0.25, -0.2) is 5.01 Å². The van der Waals surface area contributed by atoms with Crippen LogP contribution in [0.25, 0.3) is 0 Å². The molecule has 1 heterocycles. The molecule has 196 valence electrons. The Balaban J connectivity index is 1.53. The summed E-state index contributed by atoms with van der Waals surface area (Å²) >= 11 is 7.19. The second kappa shape index (κ2) is 9.66. The molecule has 1 saturated heterocycles. The molecule has 0 N–H and O–H groups in total. The zero-order valence-electron chi connectivity index (χ0n) is 19.3. The average Bonchev–Trinajstić information content (AvgIpc) is 3.51. The van der Waals surface area contributed by atoms with Gasteiger partial charge in [-0.2, -0.15) is 5.01 Å². The molecule has 0 aromatic heterocycles. The Morgan fingerprint density at radius 2 is 1.45 bits per heavy atom. The Morgan fingerprint density at radius 3 is 1.97 bits per heavy atom. The number of Topliss-reactive ketones (excluding diaryl/α,β-unsaturated/α-hetero) is 1. The van der Waals surface area contributed by atoms with E-state index in [1.54, 1.807) is 0 Å². The fourth-order valence-corrected chi connectivity index (χ4v) is 7.63. The topological polar surface area (TPSA) is 161 Å². The summed E-state index contributed by atoms with van der Waals surface area (Å²) in [6, 6.07) is 9.66. The summed E-state index contributed by atoms with van der Waals surface area (Å²) < 4.78 is 0. The maximum atomic E-state index is 13.7. The van der Waals surface area contributed by atoms with Gasteiger partial charge in [0.05, 0.1) is 21.7 Å². The van der Waals surface area contributed by atoms with Crippen molar-refractivity contribution in [2.75, 3.05) is 6.54 Å². The van der Waals surface area contributed by atoms with Crippen LogP contribution >= 0.6 is 31.9 Å². The van der Waals surface area contributed by atoms with Crippen LogP contribution in [0.2, 0.25) is 0 Å². The van der Waals surface area contributed by atoms with Crippen LogP contribution in [0.1, 0.15) is 27.1 Å². The van der Waals surface area contributed by atoms with E-state index >= 15 is 0 Å². The maximum Gasteiger partial charge on any atom is 0.282 e. The van der Waals surface area contributed by atoms with Crippen molar-refractivity contribution >= 4 is 66.7 Å². The zero-order valence-corrected chi connectivity index (χ0v) is 22.5. The fourth-order valence-electron chi connectivity index (χ4n) is 5.75. The molecule has 14 heteroatoms. The van der Waals surface area contributed by atoms with Crippen LogP contribution < -0.4 is 0 Å². The van der Waals surface area contributed by atoms with Gasteiger partial charge in [0, 0.05) is 33.4 Å². The normalized spacial score (nSPS) is 27.4. The smallest absolute Gasteiger partial charge is 0.282 e. The van der Waals surface area contributed by atoms with Crippen molar-refractivity contribution in [3.8, 4) is 0 Å². The lowest BCUT2D eigenvalue weighted by Gasteiger charge is -2.30. The number of benzene rings is 2. The van der Waals surface area contributed by atoms with Crippen LogP contribution in [0.5, 0.6) is 0 Å². The molecule has 12 nitrogen and oxygen atoms in total. The van der Waals surface area contributed by atoms with Crippen LogP contribution in [-0.2, 0) is 9.59 Å². The highest BCUT2D eigenvalue weighted by molar-refractivity contribution is 9.12. The van der Waals surface area contributed by atoms with Gasteiger partial charge >= 0.3 is 0 Å². The number of hydrogen-bond acceptors (Lipinski definition) is 8. The van der Waals surface area contributed by atoms with Gasteiger partial charge in [-0.05, 0) is 36.5 Å². The van der Waals surface area contributed by atoms with Gasteiger partial charge in [-0.15, -0.1) is 0 Å². The lowest BCUT2D eigenvalue weighted by Crippen LogP contribution is -2.52.